The highest BCUT2D eigenvalue weighted by Gasteiger charge is 2.27. The molecule has 114 valence electrons. The maximum atomic E-state index is 12.2. The first-order valence-corrected chi connectivity index (χ1v) is 7.46. The van der Waals surface area contributed by atoms with Crippen LogP contribution in [-0.2, 0) is 9.59 Å². The van der Waals surface area contributed by atoms with Gasteiger partial charge in [-0.15, -0.1) is 0 Å². The van der Waals surface area contributed by atoms with E-state index in [0.29, 0.717) is 11.4 Å². The van der Waals surface area contributed by atoms with Crippen LogP contribution in [0.1, 0.15) is 33.1 Å². The third-order valence-electron chi connectivity index (χ3n) is 3.74. The second-order valence-electron chi connectivity index (χ2n) is 5.28. The molecule has 5 heteroatoms. The van der Waals surface area contributed by atoms with Crippen molar-refractivity contribution in [1.29, 1.82) is 0 Å². The number of hydrogen-bond acceptors (Lipinski definition) is 3. The number of ether oxygens (including phenoxy) is 1. The van der Waals surface area contributed by atoms with Gasteiger partial charge in [-0.05, 0) is 25.0 Å². The van der Waals surface area contributed by atoms with Crippen LogP contribution >= 0.6 is 0 Å². The van der Waals surface area contributed by atoms with Crippen molar-refractivity contribution in [1.82, 2.24) is 5.32 Å². The van der Waals surface area contributed by atoms with E-state index in [-0.39, 0.29) is 30.9 Å². The van der Waals surface area contributed by atoms with Gasteiger partial charge in [0, 0.05) is 12.5 Å². The first-order valence-electron chi connectivity index (χ1n) is 7.46. The predicted molar refractivity (Wildman–Crippen MR) is 81.2 cm³/mol. The number of fused-ring (bicyclic) bond motifs is 1. The smallest absolute Gasteiger partial charge is 0.231 e. The van der Waals surface area contributed by atoms with Gasteiger partial charge in [-0.2, -0.15) is 0 Å². The fourth-order valence-corrected chi connectivity index (χ4v) is 2.35. The Morgan fingerprint density at radius 3 is 2.81 bits per heavy atom. The molecular weight excluding hydrogens is 268 g/mol. The van der Waals surface area contributed by atoms with E-state index in [2.05, 4.69) is 10.6 Å². The molecular formula is C16H22N2O3. The average Bonchev–Trinajstić information content (AvgIpc) is 2.64. The van der Waals surface area contributed by atoms with Gasteiger partial charge in [0.15, 0.2) is 0 Å². The summed E-state index contributed by atoms with van der Waals surface area (Å²) in [6.45, 7) is 4.29. The maximum absolute atomic E-state index is 12.2. The zero-order valence-corrected chi connectivity index (χ0v) is 12.5. The number of carbonyl (C=O) groups is 2. The third kappa shape index (κ3) is 3.97. The van der Waals surface area contributed by atoms with E-state index < -0.39 is 5.92 Å². The summed E-state index contributed by atoms with van der Waals surface area (Å²) in [6.07, 6.45) is 1.93. The molecule has 1 unspecified atom stereocenters. The highest BCUT2D eigenvalue weighted by molar-refractivity contribution is 5.97. The van der Waals surface area contributed by atoms with Gasteiger partial charge >= 0.3 is 0 Å². The van der Waals surface area contributed by atoms with E-state index in [1.54, 1.807) is 6.07 Å². The van der Waals surface area contributed by atoms with Gasteiger partial charge in [0.05, 0.1) is 11.6 Å². The predicted octanol–water partition coefficient (Wildman–Crippen LogP) is 2.33. The molecule has 1 aromatic rings. The van der Waals surface area contributed by atoms with Crippen molar-refractivity contribution in [3.8, 4) is 5.75 Å². The summed E-state index contributed by atoms with van der Waals surface area (Å²) in [5.74, 6) is -0.0847. The van der Waals surface area contributed by atoms with Crippen LogP contribution in [0.5, 0.6) is 5.75 Å². The largest absolute Gasteiger partial charge is 0.491 e. The molecule has 0 aromatic heterocycles. The molecule has 1 aromatic carbocycles. The summed E-state index contributed by atoms with van der Waals surface area (Å²) in [5, 5.41) is 5.77. The number of hydrogen-bond donors (Lipinski definition) is 2. The van der Waals surface area contributed by atoms with Crippen molar-refractivity contribution in [3.05, 3.63) is 24.3 Å². The van der Waals surface area contributed by atoms with Crippen LogP contribution < -0.4 is 15.4 Å². The molecule has 0 saturated carbocycles. The van der Waals surface area contributed by atoms with Gasteiger partial charge in [-0.3, -0.25) is 9.59 Å². The van der Waals surface area contributed by atoms with E-state index in [1.807, 2.05) is 32.0 Å². The quantitative estimate of drug-likeness (QED) is 0.874. The van der Waals surface area contributed by atoms with Crippen molar-refractivity contribution in [2.45, 2.75) is 39.2 Å². The topological polar surface area (TPSA) is 67.4 Å². The minimum absolute atomic E-state index is 0.0987. The maximum Gasteiger partial charge on any atom is 0.231 e. The molecule has 0 spiro atoms. The van der Waals surface area contributed by atoms with Crippen molar-refractivity contribution in [2.75, 3.05) is 11.9 Å². The van der Waals surface area contributed by atoms with E-state index >= 15 is 0 Å². The van der Waals surface area contributed by atoms with Crippen LogP contribution in [0.3, 0.4) is 0 Å². The average molecular weight is 290 g/mol. The Hall–Kier alpha value is -2.04. The lowest BCUT2D eigenvalue weighted by Crippen LogP contribution is -2.37. The van der Waals surface area contributed by atoms with Crippen molar-refractivity contribution < 1.29 is 14.3 Å². The molecule has 1 atom stereocenters. The Kier molecular flexibility index (Phi) is 5.20. The summed E-state index contributed by atoms with van der Waals surface area (Å²) in [5.41, 5.74) is 0.658. The van der Waals surface area contributed by atoms with Crippen LogP contribution in [0.25, 0.3) is 0 Å². The van der Waals surface area contributed by atoms with E-state index in [9.17, 15) is 9.59 Å². The third-order valence-corrected chi connectivity index (χ3v) is 3.74. The van der Waals surface area contributed by atoms with Crippen molar-refractivity contribution in [2.24, 2.45) is 5.92 Å². The molecule has 1 aliphatic heterocycles. The lowest BCUT2D eigenvalue weighted by molar-refractivity contribution is -0.128. The van der Waals surface area contributed by atoms with Gasteiger partial charge < -0.3 is 15.4 Å². The zero-order valence-electron chi connectivity index (χ0n) is 12.5. The van der Waals surface area contributed by atoms with Crippen LogP contribution in [0.4, 0.5) is 5.69 Å². The number of amides is 2. The number of nitrogens with one attached hydrogen (secondary N) is 2. The lowest BCUT2D eigenvalue weighted by atomic mass is 10.0. The Morgan fingerprint density at radius 2 is 2.10 bits per heavy atom. The lowest BCUT2D eigenvalue weighted by Gasteiger charge is -2.17. The second kappa shape index (κ2) is 7.11. The number of carbonyl (C=O) groups excluding carboxylic acids is 2. The molecule has 2 rings (SSSR count). The summed E-state index contributed by atoms with van der Waals surface area (Å²) in [6, 6.07) is 7.46. The van der Waals surface area contributed by atoms with E-state index in [4.69, 9.17) is 4.74 Å². The Labute approximate surface area is 125 Å². The number of rotatable bonds is 5. The second-order valence-corrected chi connectivity index (χ2v) is 5.28. The minimum atomic E-state index is -0.466. The summed E-state index contributed by atoms with van der Waals surface area (Å²) >= 11 is 0. The molecule has 2 N–H and O–H groups in total. The van der Waals surface area contributed by atoms with Crippen molar-refractivity contribution >= 4 is 17.5 Å². The first kappa shape index (κ1) is 15.4. The first-order chi connectivity index (χ1) is 10.1. The number of anilines is 1. The molecule has 5 nitrogen and oxygen atoms in total. The fraction of sp³-hybridized carbons (Fsp3) is 0.500. The van der Waals surface area contributed by atoms with Crippen LogP contribution in [0.15, 0.2) is 24.3 Å². The normalized spacial score (nSPS) is 17.5. The Balaban J connectivity index is 1.96. The van der Waals surface area contributed by atoms with E-state index in [1.165, 1.54) is 0 Å². The fourth-order valence-electron chi connectivity index (χ4n) is 2.35. The molecule has 0 saturated heterocycles. The van der Waals surface area contributed by atoms with Gasteiger partial charge in [-0.25, -0.2) is 0 Å². The van der Waals surface area contributed by atoms with Gasteiger partial charge in [0.1, 0.15) is 12.4 Å². The highest BCUT2D eigenvalue weighted by atomic mass is 16.5. The van der Waals surface area contributed by atoms with Gasteiger partial charge in [-0.1, -0.05) is 26.0 Å². The van der Waals surface area contributed by atoms with Crippen molar-refractivity contribution in [3.63, 3.8) is 0 Å². The SMILES string of the molecule is CCC(CC)NC(=O)CC1COc2ccccc2NC1=O. The molecule has 1 heterocycles. The summed E-state index contributed by atoms with van der Waals surface area (Å²) in [7, 11) is 0. The molecule has 2 amide bonds. The molecule has 0 bridgehead atoms. The summed E-state index contributed by atoms with van der Waals surface area (Å²) < 4.78 is 5.63. The van der Waals surface area contributed by atoms with Crippen LogP contribution in [0.2, 0.25) is 0 Å². The molecule has 21 heavy (non-hydrogen) atoms. The molecule has 1 aliphatic rings. The standard InChI is InChI=1S/C16H22N2O3/c1-3-12(4-2)17-15(19)9-11-10-21-14-8-6-5-7-13(14)18-16(11)20/h5-8,11-12H,3-4,9-10H2,1-2H3,(H,17,19)(H,18,20). The monoisotopic (exact) mass is 290 g/mol. The van der Waals surface area contributed by atoms with E-state index in [0.717, 1.165) is 12.8 Å². The molecule has 0 radical (unpaired) electrons. The highest BCUT2D eigenvalue weighted by Crippen LogP contribution is 2.28. The van der Waals surface area contributed by atoms with Crippen LogP contribution in [-0.4, -0.2) is 24.5 Å². The number of benzene rings is 1. The Morgan fingerprint density at radius 1 is 1.38 bits per heavy atom. The molecule has 0 fully saturated rings. The van der Waals surface area contributed by atoms with Gasteiger partial charge in [0.2, 0.25) is 11.8 Å². The summed E-state index contributed by atoms with van der Waals surface area (Å²) in [4.78, 5) is 24.2. The zero-order chi connectivity index (χ0) is 15.2. The Bertz CT molecular complexity index is 512. The molecule has 0 aliphatic carbocycles. The minimum Gasteiger partial charge on any atom is -0.491 e. The van der Waals surface area contributed by atoms with Crippen LogP contribution in [0, 0.1) is 5.92 Å². The van der Waals surface area contributed by atoms with Gasteiger partial charge in [0.25, 0.3) is 0 Å². The number of para-hydroxylation sites is 2.